The molecule has 0 spiro atoms. The van der Waals surface area contributed by atoms with E-state index in [1.807, 2.05) is 30.3 Å². The molecule has 0 saturated carbocycles. The number of ether oxygens (including phenoxy) is 1. The predicted octanol–water partition coefficient (Wildman–Crippen LogP) is 3.27. The van der Waals surface area contributed by atoms with Gasteiger partial charge in [0.25, 0.3) is 0 Å². The van der Waals surface area contributed by atoms with Gasteiger partial charge in [-0.15, -0.1) is 0 Å². The molecule has 1 amide bonds. The van der Waals surface area contributed by atoms with Gasteiger partial charge in [0.1, 0.15) is 6.61 Å². The van der Waals surface area contributed by atoms with Crippen molar-refractivity contribution in [2.45, 2.75) is 25.5 Å². The van der Waals surface area contributed by atoms with Crippen LogP contribution in [0.1, 0.15) is 18.4 Å². The molecule has 1 aliphatic rings. The van der Waals surface area contributed by atoms with E-state index in [-0.39, 0.29) is 24.9 Å². The number of hydrogen-bond acceptors (Lipinski definition) is 5. The van der Waals surface area contributed by atoms with Crippen LogP contribution < -0.4 is 0 Å². The number of carbonyl (C=O) groups is 1. The second-order valence-electron chi connectivity index (χ2n) is 5.19. The molecule has 0 N–H and O–H groups in total. The normalized spacial score (nSPS) is 18.5. The van der Waals surface area contributed by atoms with Crippen molar-refractivity contribution < 1.29 is 23.1 Å². The Kier molecular flexibility index (Phi) is 6.00. The summed E-state index contributed by atoms with van der Waals surface area (Å²) in [6.07, 6.45) is 1.45. The number of benzene rings is 1. The number of hydrogen-bond donors (Lipinski definition) is 0. The summed E-state index contributed by atoms with van der Waals surface area (Å²) in [5, 5.41) is 0. The summed E-state index contributed by atoms with van der Waals surface area (Å²) in [5.41, 5.74) is 0.936. The van der Waals surface area contributed by atoms with Crippen molar-refractivity contribution >= 4 is 13.7 Å². The topological polar surface area (TPSA) is 65.1 Å². The third-order valence-corrected chi connectivity index (χ3v) is 5.79. The van der Waals surface area contributed by atoms with Crippen molar-refractivity contribution in [1.29, 1.82) is 0 Å². The van der Waals surface area contributed by atoms with E-state index in [4.69, 9.17) is 13.8 Å². The molecule has 6 nitrogen and oxygen atoms in total. The number of rotatable bonds is 6. The van der Waals surface area contributed by atoms with E-state index in [2.05, 4.69) is 0 Å². The van der Waals surface area contributed by atoms with Crippen LogP contribution in [0.4, 0.5) is 4.79 Å². The van der Waals surface area contributed by atoms with Gasteiger partial charge in [0.15, 0.2) is 0 Å². The third-order valence-electron chi connectivity index (χ3n) is 3.81. The number of carbonyl (C=O) groups excluding carboxylic acids is 1. The van der Waals surface area contributed by atoms with Gasteiger partial charge in [-0.05, 0) is 18.4 Å². The first-order valence-electron chi connectivity index (χ1n) is 7.26. The number of amides is 1. The van der Waals surface area contributed by atoms with Crippen LogP contribution in [0, 0.1) is 0 Å². The predicted molar refractivity (Wildman–Crippen MR) is 82.8 cm³/mol. The molecule has 1 atom stereocenters. The zero-order valence-electron chi connectivity index (χ0n) is 12.9. The van der Waals surface area contributed by atoms with Gasteiger partial charge in [0, 0.05) is 26.8 Å². The standard InChI is InChI=1S/C15H22NO5P/c1-19-22(18,20-2)12-14-9-6-10-16(14)15(17)21-11-13-7-4-3-5-8-13/h3-5,7-8,14H,6,9-12H2,1-2H3/t14-/m0/s1. The minimum atomic E-state index is -3.13. The first-order valence-corrected chi connectivity index (χ1v) is 8.98. The Balaban J connectivity index is 1.92. The molecule has 1 aromatic carbocycles. The molecule has 1 aromatic rings. The fourth-order valence-electron chi connectivity index (χ4n) is 2.55. The Hall–Kier alpha value is -1.36. The highest BCUT2D eigenvalue weighted by atomic mass is 31.2. The highest BCUT2D eigenvalue weighted by Gasteiger charge is 2.36. The lowest BCUT2D eigenvalue weighted by molar-refractivity contribution is 0.0939. The molecule has 2 rings (SSSR count). The second kappa shape index (κ2) is 7.77. The summed E-state index contributed by atoms with van der Waals surface area (Å²) in [6.45, 7) is 0.834. The van der Waals surface area contributed by atoms with Gasteiger partial charge in [-0.2, -0.15) is 0 Å². The maximum Gasteiger partial charge on any atom is 0.410 e. The van der Waals surface area contributed by atoms with Crippen LogP contribution >= 0.6 is 7.60 Å². The van der Waals surface area contributed by atoms with E-state index in [0.717, 1.165) is 18.4 Å². The van der Waals surface area contributed by atoms with E-state index in [9.17, 15) is 9.36 Å². The van der Waals surface area contributed by atoms with Crippen molar-refractivity contribution in [3.05, 3.63) is 35.9 Å². The van der Waals surface area contributed by atoms with Crippen LogP contribution in [0.5, 0.6) is 0 Å². The molecule has 1 saturated heterocycles. The van der Waals surface area contributed by atoms with Crippen LogP contribution in [-0.2, 0) is 25.0 Å². The SMILES string of the molecule is COP(=O)(C[C@@H]1CCCN1C(=O)OCc1ccccc1)OC. The van der Waals surface area contributed by atoms with E-state index in [1.54, 1.807) is 4.90 Å². The van der Waals surface area contributed by atoms with E-state index < -0.39 is 7.60 Å². The van der Waals surface area contributed by atoms with Crippen LogP contribution in [0.2, 0.25) is 0 Å². The Labute approximate surface area is 130 Å². The molecule has 1 heterocycles. The van der Waals surface area contributed by atoms with Crippen LogP contribution in [0.15, 0.2) is 30.3 Å². The van der Waals surface area contributed by atoms with E-state index in [0.29, 0.717) is 6.54 Å². The average Bonchev–Trinajstić information content (AvgIpc) is 3.01. The Morgan fingerprint density at radius 3 is 2.59 bits per heavy atom. The largest absolute Gasteiger partial charge is 0.445 e. The minimum Gasteiger partial charge on any atom is -0.445 e. The molecule has 0 unspecified atom stereocenters. The van der Waals surface area contributed by atoms with Gasteiger partial charge < -0.3 is 18.7 Å². The first kappa shape index (κ1) is 17.0. The molecule has 0 bridgehead atoms. The summed E-state index contributed by atoms with van der Waals surface area (Å²) >= 11 is 0. The van der Waals surface area contributed by atoms with Crippen LogP contribution in [0.25, 0.3) is 0 Å². The zero-order chi connectivity index (χ0) is 16.0. The van der Waals surface area contributed by atoms with Gasteiger partial charge in [-0.25, -0.2) is 4.79 Å². The van der Waals surface area contributed by atoms with Crippen molar-refractivity contribution in [1.82, 2.24) is 4.90 Å². The highest BCUT2D eigenvalue weighted by Crippen LogP contribution is 2.48. The lowest BCUT2D eigenvalue weighted by Gasteiger charge is -2.26. The van der Waals surface area contributed by atoms with Crippen molar-refractivity contribution in [3.63, 3.8) is 0 Å². The lowest BCUT2D eigenvalue weighted by atomic mass is 10.2. The van der Waals surface area contributed by atoms with Gasteiger partial charge in [-0.1, -0.05) is 30.3 Å². The molecule has 0 radical (unpaired) electrons. The molecule has 1 fully saturated rings. The first-order chi connectivity index (χ1) is 10.6. The smallest absolute Gasteiger partial charge is 0.410 e. The van der Waals surface area contributed by atoms with Gasteiger partial charge in [-0.3, -0.25) is 4.57 Å². The quantitative estimate of drug-likeness (QED) is 0.750. The number of likely N-dealkylation sites (tertiary alicyclic amines) is 1. The zero-order valence-corrected chi connectivity index (χ0v) is 13.8. The summed E-state index contributed by atoms with van der Waals surface area (Å²) in [7, 11) is -0.417. The molecular formula is C15H22NO5P. The molecule has 1 aliphatic heterocycles. The monoisotopic (exact) mass is 327 g/mol. The van der Waals surface area contributed by atoms with Crippen LogP contribution in [0.3, 0.4) is 0 Å². The van der Waals surface area contributed by atoms with Crippen molar-refractivity contribution in [2.24, 2.45) is 0 Å². The van der Waals surface area contributed by atoms with Crippen molar-refractivity contribution in [3.8, 4) is 0 Å². The lowest BCUT2D eigenvalue weighted by Crippen LogP contribution is -2.38. The summed E-state index contributed by atoms with van der Waals surface area (Å²) in [6, 6.07) is 9.34. The molecule has 122 valence electrons. The fourth-order valence-corrected chi connectivity index (χ4v) is 3.89. The number of nitrogens with zero attached hydrogens (tertiary/aromatic N) is 1. The molecule has 0 aromatic heterocycles. The van der Waals surface area contributed by atoms with E-state index in [1.165, 1.54) is 14.2 Å². The highest BCUT2D eigenvalue weighted by molar-refractivity contribution is 7.53. The minimum absolute atomic E-state index is 0.172. The summed E-state index contributed by atoms with van der Waals surface area (Å²) in [4.78, 5) is 13.8. The second-order valence-corrected chi connectivity index (χ2v) is 7.51. The van der Waals surface area contributed by atoms with Gasteiger partial charge >= 0.3 is 13.7 Å². The average molecular weight is 327 g/mol. The molecule has 7 heteroatoms. The van der Waals surface area contributed by atoms with Crippen molar-refractivity contribution in [2.75, 3.05) is 26.9 Å². The Morgan fingerprint density at radius 1 is 1.27 bits per heavy atom. The molecule has 0 aliphatic carbocycles. The molecule has 22 heavy (non-hydrogen) atoms. The maximum absolute atomic E-state index is 12.2. The summed E-state index contributed by atoms with van der Waals surface area (Å²) in [5.74, 6) is 0. The maximum atomic E-state index is 12.2. The fraction of sp³-hybridized carbons (Fsp3) is 0.533. The van der Waals surface area contributed by atoms with Gasteiger partial charge in [0.05, 0.1) is 6.16 Å². The molecular weight excluding hydrogens is 305 g/mol. The van der Waals surface area contributed by atoms with E-state index >= 15 is 0 Å². The Bertz CT molecular complexity index is 528. The third kappa shape index (κ3) is 4.32. The van der Waals surface area contributed by atoms with Gasteiger partial charge in [0.2, 0.25) is 0 Å². The summed E-state index contributed by atoms with van der Waals surface area (Å²) < 4.78 is 27.5. The Morgan fingerprint density at radius 2 is 1.95 bits per heavy atom. The van der Waals surface area contributed by atoms with Crippen LogP contribution in [-0.4, -0.2) is 44.0 Å².